The zero-order chi connectivity index (χ0) is 20.3. The fourth-order valence-corrected chi connectivity index (χ4v) is 5.08. The van der Waals surface area contributed by atoms with E-state index in [2.05, 4.69) is 4.98 Å². The summed E-state index contributed by atoms with van der Waals surface area (Å²) >= 11 is -0.0321. The molecule has 2 aromatic carbocycles. The van der Waals surface area contributed by atoms with E-state index in [-0.39, 0.29) is 15.0 Å². The summed E-state index contributed by atoms with van der Waals surface area (Å²) in [7, 11) is 9.64. The molecule has 0 unspecified atom stereocenters. The number of rotatable bonds is 8. The van der Waals surface area contributed by atoms with Crippen LogP contribution in [0.2, 0.25) is 0 Å². The molecule has 0 spiro atoms. The van der Waals surface area contributed by atoms with E-state index in [4.69, 9.17) is 28.4 Å². The third kappa shape index (κ3) is 3.41. The first kappa shape index (κ1) is 20.0. The average Bonchev–Trinajstić information content (AvgIpc) is 3.13. The molecule has 1 N–H and O–H groups in total. The molecule has 0 amide bonds. The van der Waals surface area contributed by atoms with Crippen molar-refractivity contribution in [1.29, 1.82) is 0 Å². The quantitative estimate of drug-likeness (QED) is 0.527. The Labute approximate surface area is 170 Å². The van der Waals surface area contributed by atoms with Crippen molar-refractivity contribution in [2.24, 2.45) is 0 Å². The van der Waals surface area contributed by atoms with Gasteiger partial charge in [0.25, 0.3) is 0 Å². The van der Waals surface area contributed by atoms with Crippen LogP contribution in [-0.2, 0) is 0 Å². The van der Waals surface area contributed by atoms with Crippen LogP contribution in [0.15, 0.2) is 24.4 Å². The molecule has 28 heavy (non-hydrogen) atoms. The number of ether oxygens (including phenoxy) is 6. The number of benzene rings is 2. The molecule has 8 heteroatoms. The summed E-state index contributed by atoms with van der Waals surface area (Å²) < 4.78 is 35.1. The summed E-state index contributed by atoms with van der Waals surface area (Å²) in [5.41, 5.74) is 0.865. The molecule has 7 nitrogen and oxygen atoms in total. The molecule has 3 rings (SSSR count). The molecule has 0 saturated heterocycles. The molecule has 0 aliphatic carbocycles. The first-order chi connectivity index (χ1) is 13.6. The van der Waals surface area contributed by atoms with Crippen LogP contribution in [-0.4, -0.2) is 62.6 Å². The maximum absolute atomic E-state index is 5.57. The van der Waals surface area contributed by atoms with Gasteiger partial charge in [-0.15, -0.1) is 0 Å². The number of aromatic amines is 1. The predicted molar refractivity (Wildman–Crippen MR) is 109 cm³/mol. The molecule has 150 valence electrons. The number of hydrogen-bond acceptors (Lipinski definition) is 6. The Kier molecular flexibility index (Phi) is 6.11. The number of hydrogen-bond donors (Lipinski definition) is 1. The molecule has 0 fully saturated rings. The number of fused-ring (bicyclic) bond motifs is 1. The second-order valence-corrected chi connectivity index (χ2v) is 8.02. The van der Waals surface area contributed by atoms with E-state index >= 15 is 0 Å². The van der Waals surface area contributed by atoms with Gasteiger partial charge in [-0.2, -0.15) is 0 Å². The fourth-order valence-electron chi connectivity index (χ4n) is 3.04. The molecule has 1 heterocycles. The molecule has 0 aliphatic heterocycles. The van der Waals surface area contributed by atoms with E-state index < -0.39 is 0 Å². The van der Waals surface area contributed by atoms with Crippen molar-refractivity contribution < 1.29 is 28.4 Å². The Balaban J connectivity index is 2.11. The van der Waals surface area contributed by atoms with Crippen LogP contribution in [0.3, 0.4) is 0 Å². The monoisotopic (exact) mass is 453 g/mol. The zero-order valence-corrected chi connectivity index (χ0v) is 18.4. The Hall–Kier alpha value is -2.70. The third-order valence-corrected chi connectivity index (χ3v) is 6.47. The fraction of sp³-hybridized carbons (Fsp3) is 0.300. The minimum absolute atomic E-state index is 0.0321. The maximum atomic E-state index is 5.57. The van der Waals surface area contributed by atoms with Crippen molar-refractivity contribution in [2.45, 2.75) is 0 Å². The van der Waals surface area contributed by atoms with E-state index in [1.165, 1.54) is 0 Å². The van der Waals surface area contributed by atoms with Gasteiger partial charge >= 0.3 is 170 Å². The predicted octanol–water partition coefficient (Wildman–Crippen LogP) is 1.87. The topological polar surface area (TPSA) is 71.2 Å². The molecule has 0 bridgehead atoms. The average molecular weight is 452 g/mol. The zero-order valence-electron chi connectivity index (χ0n) is 16.7. The van der Waals surface area contributed by atoms with Crippen LogP contribution in [0.5, 0.6) is 34.5 Å². The Morgan fingerprint density at radius 1 is 0.643 bits per heavy atom. The van der Waals surface area contributed by atoms with E-state index in [1.54, 1.807) is 42.7 Å². The summed E-state index contributed by atoms with van der Waals surface area (Å²) in [6.45, 7) is 0. The Bertz CT molecular complexity index is 959. The van der Waals surface area contributed by atoms with Gasteiger partial charge in [0, 0.05) is 0 Å². The van der Waals surface area contributed by atoms with Crippen LogP contribution >= 0.6 is 0 Å². The molecular weight excluding hydrogens is 429 g/mol. The molecule has 0 atom stereocenters. The Morgan fingerprint density at radius 2 is 1.18 bits per heavy atom. The summed E-state index contributed by atoms with van der Waals surface area (Å²) in [6.07, 6.45) is 1.98. The molecule has 0 radical (unpaired) electrons. The summed E-state index contributed by atoms with van der Waals surface area (Å²) in [6, 6.07) is 5.90. The normalized spacial score (nSPS) is 10.6. The van der Waals surface area contributed by atoms with E-state index in [1.807, 2.05) is 24.4 Å². The van der Waals surface area contributed by atoms with Gasteiger partial charge in [-0.1, -0.05) is 0 Å². The van der Waals surface area contributed by atoms with Crippen molar-refractivity contribution in [2.75, 3.05) is 42.7 Å². The molecule has 1 aromatic heterocycles. The van der Waals surface area contributed by atoms with Crippen LogP contribution in [0, 0.1) is 0 Å². The standard InChI is InChI=1S/C20H23NO6Se/c1-22-13-7-11(8-14(23-2)18(13)25-4)28-16-10-21-17-12(16)9-15(24-3)19(26-5)20(17)27-6/h7-10,21H,1-6H3. The second kappa shape index (κ2) is 8.54. The van der Waals surface area contributed by atoms with Crippen molar-refractivity contribution in [3.63, 3.8) is 0 Å². The first-order valence-electron chi connectivity index (χ1n) is 8.39. The van der Waals surface area contributed by atoms with Crippen molar-refractivity contribution in [1.82, 2.24) is 4.98 Å². The number of nitrogens with one attached hydrogen (secondary N) is 1. The Morgan fingerprint density at radius 3 is 1.68 bits per heavy atom. The van der Waals surface area contributed by atoms with Crippen molar-refractivity contribution in [3.05, 3.63) is 24.4 Å². The van der Waals surface area contributed by atoms with Crippen LogP contribution in [0.1, 0.15) is 0 Å². The molecule has 0 aliphatic rings. The summed E-state index contributed by atoms with van der Waals surface area (Å²) in [5.74, 6) is 3.64. The first-order valence-corrected chi connectivity index (χ1v) is 10.1. The van der Waals surface area contributed by atoms with Crippen LogP contribution in [0.25, 0.3) is 10.9 Å². The van der Waals surface area contributed by atoms with E-state index in [0.717, 1.165) is 19.8 Å². The van der Waals surface area contributed by atoms with Gasteiger partial charge in [0.2, 0.25) is 0 Å². The van der Waals surface area contributed by atoms with Crippen molar-refractivity contribution >= 4 is 34.8 Å². The summed E-state index contributed by atoms with van der Waals surface area (Å²) in [4.78, 5) is 3.30. The van der Waals surface area contributed by atoms with E-state index in [9.17, 15) is 0 Å². The van der Waals surface area contributed by atoms with Gasteiger partial charge in [0.1, 0.15) is 0 Å². The van der Waals surface area contributed by atoms with Gasteiger partial charge in [-0.3, -0.25) is 0 Å². The third-order valence-electron chi connectivity index (χ3n) is 4.31. The van der Waals surface area contributed by atoms with Crippen LogP contribution < -0.4 is 37.3 Å². The van der Waals surface area contributed by atoms with Gasteiger partial charge in [-0.05, 0) is 0 Å². The molecule has 3 aromatic rings. The number of methoxy groups -OCH3 is 6. The molecule has 0 saturated carbocycles. The van der Waals surface area contributed by atoms with Crippen molar-refractivity contribution in [3.8, 4) is 34.5 Å². The van der Waals surface area contributed by atoms with Gasteiger partial charge < -0.3 is 0 Å². The van der Waals surface area contributed by atoms with Crippen LogP contribution in [0.4, 0.5) is 0 Å². The summed E-state index contributed by atoms with van der Waals surface area (Å²) in [5, 5.41) is 1.02. The molecular formula is C20H23NO6Se. The van der Waals surface area contributed by atoms with Gasteiger partial charge in [0.15, 0.2) is 0 Å². The minimum atomic E-state index is -0.0321. The second-order valence-electron chi connectivity index (χ2n) is 5.68. The number of aromatic nitrogens is 1. The van der Waals surface area contributed by atoms with Gasteiger partial charge in [-0.25, -0.2) is 0 Å². The van der Waals surface area contributed by atoms with E-state index in [0.29, 0.717) is 34.5 Å². The van der Waals surface area contributed by atoms with Gasteiger partial charge in [0.05, 0.1) is 0 Å². The number of H-pyrrole nitrogens is 1. The SMILES string of the molecule is COc1cc([Se]c2c[nH]c3c(OC)c(OC)c(OC)cc23)cc(OC)c1OC.